The zero-order chi connectivity index (χ0) is 22.6. The van der Waals surface area contributed by atoms with Gasteiger partial charge < -0.3 is 5.32 Å². The number of aromatic nitrogens is 2. The summed E-state index contributed by atoms with van der Waals surface area (Å²) in [6.07, 6.45) is 4.60. The monoisotopic (exact) mass is 472 g/mol. The maximum atomic E-state index is 12.5. The molecule has 0 fully saturated rings. The summed E-state index contributed by atoms with van der Waals surface area (Å²) < 4.78 is 29.2. The van der Waals surface area contributed by atoms with Crippen LogP contribution in [0.25, 0.3) is 0 Å². The molecule has 168 valence electrons. The summed E-state index contributed by atoms with van der Waals surface area (Å²) in [7, 11) is -3.71. The second-order valence-corrected chi connectivity index (χ2v) is 10.0. The molecule has 7 nitrogen and oxygen atoms in total. The molecule has 0 saturated carbocycles. The number of rotatable bonds is 8. The van der Waals surface area contributed by atoms with Gasteiger partial charge in [0.15, 0.2) is 0 Å². The van der Waals surface area contributed by atoms with Crippen LogP contribution in [0.1, 0.15) is 42.1 Å². The standard InChI is InChI=1S/C23H25ClN4O3S/c24-18-8-4-9-19(14-18)32(30,31)26-13-12-23(29)27-21-10-5-11-22-20(21)15-25-28(22)16-17-6-2-1-3-7-17/h1-4,6-9,14-15,21,26H,5,10-13,16H2,(H,27,29). The van der Waals surface area contributed by atoms with Crippen molar-refractivity contribution >= 4 is 27.5 Å². The van der Waals surface area contributed by atoms with E-state index in [2.05, 4.69) is 27.3 Å². The first kappa shape index (κ1) is 22.5. The minimum absolute atomic E-state index is 0.00747. The molecule has 0 bridgehead atoms. The third-order valence-electron chi connectivity index (χ3n) is 5.52. The molecule has 1 aliphatic rings. The van der Waals surface area contributed by atoms with Crippen LogP contribution in [0.5, 0.6) is 0 Å². The number of amides is 1. The van der Waals surface area contributed by atoms with E-state index in [0.717, 1.165) is 30.5 Å². The number of fused-ring (bicyclic) bond motifs is 1. The van der Waals surface area contributed by atoms with E-state index in [1.54, 1.807) is 12.1 Å². The first-order valence-electron chi connectivity index (χ1n) is 10.6. The van der Waals surface area contributed by atoms with Crippen molar-refractivity contribution in [2.45, 2.75) is 43.2 Å². The molecule has 0 spiro atoms. The fraction of sp³-hybridized carbons (Fsp3) is 0.304. The molecule has 1 aromatic heterocycles. The minimum atomic E-state index is -3.71. The van der Waals surface area contributed by atoms with Crippen molar-refractivity contribution < 1.29 is 13.2 Å². The van der Waals surface area contributed by atoms with Gasteiger partial charge in [0.2, 0.25) is 15.9 Å². The van der Waals surface area contributed by atoms with Crippen molar-refractivity contribution in [3.05, 3.63) is 82.6 Å². The van der Waals surface area contributed by atoms with Crippen molar-refractivity contribution in [3.8, 4) is 0 Å². The van der Waals surface area contributed by atoms with Crippen molar-refractivity contribution in [2.24, 2.45) is 0 Å². The molecule has 0 aliphatic heterocycles. The molecule has 4 rings (SSSR count). The molecule has 3 aromatic rings. The zero-order valence-corrected chi connectivity index (χ0v) is 19.1. The van der Waals surface area contributed by atoms with Crippen LogP contribution in [-0.4, -0.2) is 30.7 Å². The third-order valence-corrected chi connectivity index (χ3v) is 7.22. The smallest absolute Gasteiger partial charge is 0.240 e. The van der Waals surface area contributed by atoms with Gasteiger partial charge in [-0.2, -0.15) is 5.10 Å². The van der Waals surface area contributed by atoms with Crippen LogP contribution in [0, 0.1) is 0 Å². The molecule has 1 unspecified atom stereocenters. The maximum Gasteiger partial charge on any atom is 0.240 e. The highest BCUT2D eigenvalue weighted by molar-refractivity contribution is 7.89. The average Bonchev–Trinajstić information content (AvgIpc) is 3.18. The molecular weight excluding hydrogens is 448 g/mol. The molecule has 2 N–H and O–H groups in total. The number of sulfonamides is 1. The molecule has 9 heteroatoms. The number of hydrogen-bond acceptors (Lipinski definition) is 4. The summed E-state index contributed by atoms with van der Waals surface area (Å²) in [5.74, 6) is -0.201. The predicted molar refractivity (Wildman–Crippen MR) is 123 cm³/mol. The van der Waals surface area contributed by atoms with Crippen LogP contribution in [0.4, 0.5) is 0 Å². The topological polar surface area (TPSA) is 93.1 Å². The van der Waals surface area contributed by atoms with Crippen molar-refractivity contribution in [2.75, 3.05) is 6.54 Å². The van der Waals surface area contributed by atoms with Crippen LogP contribution in [0.3, 0.4) is 0 Å². The molecule has 1 aliphatic carbocycles. The van der Waals surface area contributed by atoms with Gasteiger partial charge in [-0.25, -0.2) is 13.1 Å². The summed E-state index contributed by atoms with van der Waals surface area (Å²) in [6, 6.07) is 16.1. The van der Waals surface area contributed by atoms with Crippen LogP contribution < -0.4 is 10.0 Å². The number of hydrogen-bond donors (Lipinski definition) is 2. The van der Waals surface area contributed by atoms with Crippen molar-refractivity contribution in [3.63, 3.8) is 0 Å². The Kier molecular flexibility index (Phi) is 6.93. The van der Waals surface area contributed by atoms with Crippen LogP contribution in [0.2, 0.25) is 5.02 Å². The fourth-order valence-electron chi connectivity index (χ4n) is 3.94. The van der Waals surface area contributed by atoms with Crippen LogP contribution in [0.15, 0.2) is 65.7 Å². The van der Waals surface area contributed by atoms with Gasteiger partial charge in [-0.3, -0.25) is 9.48 Å². The molecular formula is C23H25ClN4O3S. The van der Waals surface area contributed by atoms with Gasteiger partial charge in [-0.15, -0.1) is 0 Å². The first-order chi connectivity index (χ1) is 15.4. The van der Waals surface area contributed by atoms with E-state index in [-0.39, 0.29) is 29.8 Å². The Morgan fingerprint density at radius 3 is 2.75 bits per heavy atom. The SMILES string of the molecule is O=C(CCNS(=O)(=O)c1cccc(Cl)c1)NC1CCCc2c1cnn2Cc1ccccc1. The van der Waals surface area contributed by atoms with Crippen molar-refractivity contribution in [1.82, 2.24) is 19.8 Å². The zero-order valence-electron chi connectivity index (χ0n) is 17.5. The van der Waals surface area contributed by atoms with E-state index in [4.69, 9.17) is 11.6 Å². The second-order valence-electron chi connectivity index (χ2n) is 7.81. The number of carbonyl (C=O) groups excluding carboxylic acids is 1. The van der Waals surface area contributed by atoms with E-state index in [0.29, 0.717) is 11.6 Å². The molecule has 0 saturated heterocycles. The van der Waals surface area contributed by atoms with E-state index in [9.17, 15) is 13.2 Å². The molecule has 0 radical (unpaired) electrons. The Hall–Kier alpha value is -2.68. The van der Waals surface area contributed by atoms with Gasteiger partial charge >= 0.3 is 0 Å². The second kappa shape index (κ2) is 9.85. The van der Waals surface area contributed by atoms with Crippen LogP contribution >= 0.6 is 11.6 Å². The highest BCUT2D eigenvalue weighted by Gasteiger charge is 2.25. The Morgan fingerprint density at radius 1 is 1.16 bits per heavy atom. The molecule has 1 atom stereocenters. The number of nitrogens with zero attached hydrogens (tertiary/aromatic N) is 2. The summed E-state index contributed by atoms with van der Waals surface area (Å²) >= 11 is 5.87. The van der Waals surface area contributed by atoms with Gasteiger partial charge in [0.05, 0.1) is 23.7 Å². The summed E-state index contributed by atoms with van der Waals surface area (Å²) in [6.45, 7) is 0.704. The highest BCUT2D eigenvalue weighted by Crippen LogP contribution is 2.30. The van der Waals surface area contributed by atoms with Gasteiger partial charge in [-0.05, 0) is 43.0 Å². The average molecular weight is 473 g/mol. The minimum Gasteiger partial charge on any atom is -0.349 e. The van der Waals surface area contributed by atoms with Crippen molar-refractivity contribution in [1.29, 1.82) is 0 Å². The van der Waals surface area contributed by atoms with Gasteiger partial charge in [0, 0.05) is 29.2 Å². The fourth-order valence-corrected chi connectivity index (χ4v) is 5.28. The molecule has 1 heterocycles. The van der Waals surface area contributed by atoms with E-state index in [1.165, 1.54) is 17.7 Å². The lowest BCUT2D eigenvalue weighted by Gasteiger charge is -2.24. The normalized spacial score (nSPS) is 15.8. The Labute approximate surface area is 192 Å². The number of benzene rings is 2. The lowest BCUT2D eigenvalue weighted by molar-refractivity contribution is -0.121. The van der Waals surface area contributed by atoms with E-state index >= 15 is 0 Å². The Bertz CT molecular complexity index is 1190. The maximum absolute atomic E-state index is 12.5. The summed E-state index contributed by atoms with van der Waals surface area (Å²) in [4.78, 5) is 12.6. The molecule has 1 amide bonds. The molecule has 2 aromatic carbocycles. The van der Waals surface area contributed by atoms with Crippen LogP contribution in [-0.2, 0) is 27.8 Å². The van der Waals surface area contributed by atoms with Gasteiger partial charge in [-0.1, -0.05) is 48.0 Å². The third kappa shape index (κ3) is 5.38. The molecule has 32 heavy (non-hydrogen) atoms. The van der Waals surface area contributed by atoms with Gasteiger partial charge in [0.1, 0.15) is 0 Å². The largest absolute Gasteiger partial charge is 0.349 e. The van der Waals surface area contributed by atoms with E-state index in [1.807, 2.05) is 29.1 Å². The lowest BCUT2D eigenvalue weighted by atomic mass is 9.92. The summed E-state index contributed by atoms with van der Waals surface area (Å²) in [5.41, 5.74) is 3.36. The first-order valence-corrected chi connectivity index (χ1v) is 12.4. The summed E-state index contributed by atoms with van der Waals surface area (Å²) in [5, 5.41) is 7.93. The highest BCUT2D eigenvalue weighted by atomic mass is 35.5. The number of carbonyl (C=O) groups is 1. The predicted octanol–water partition coefficient (Wildman–Crippen LogP) is 3.45. The van der Waals surface area contributed by atoms with E-state index < -0.39 is 10.0 Å². The lowest BCUT2D eigenvalue weighted by Crippen LogP contribution is -2.34. The number of halogens is 1. The Morgan fingerprint density at radius 2 is 1.97 bits per heavy atom. The Balaban J connectivity index is 1.34. The van der Waals surface area contributed by atoms with Gasteiger partial charge in [0.25, 0.3) is 0 Å². The quantitative estimate of drug-likeness (QED) is 0.525. The number of nitrogens with one attached hydrogen (secondary N) is 2.